The third-order valence-corrected chi connectivity index (χ3v) is 3.74. The van der Waals surface area contributed by atoms with E-state index in [0.29, 0.717) is 13.1 Å². The number of furan rings is 1. The summed E-state index contributed by atoms with van der Waals surface area (Å²) in [6.07, 6.45) is -1.43. The minimum atomic E-state index is -4.44. The zero-order valence-corrected chi connectivity index (χ0v) is 11.5. The molecule has 21 heavy (non-hydrogen) atoms. The van der Waals surface area contributed by atoms with Gasteiger partial charge >= 0.3 is 6.18 Å². The lowest BCUT2D eigenvalue weighted by Crippen LogP contribution is -2.60. The minimum absolute atomic E-state index is 0.00851. The van der Waals surface area contributed by atoms with Crippen molar-refractivity contribution < 1.29 is 22.3 Å². The van der Waals surface area contributed by atoms with E-state index in [2.05, 4.69) is 5.32 Å². The van der Waals surface area contributed by atoms with Gasteiger partial charge in [-0.05, 0) is 24.3 Å². The Bertz CT molecular complexity index is 636. The first-order valence-corrected chi connectivity index (χ1v) is 6.58. The molecule has 0 bridgehead atoms. The minimum Gasteiger partial charge on any atom is -0.478 e. The van der Waals surface area contributed by atoms with Gasteiger partial charge in [-0.15, -0.1) is 0 Å². The van der Waals surface area contributed by atoms with Gasteiger partial charge in [-0.25, -0.2) is 0 Å². The molecule has 1 N–H and O–H groups in total. The van der Waals surface area contributed by atoms with Crippen molar-refractivity contribution in [2.24, 2.45) is 0 Å². The van der Waals surface area contributed by atoms with E-state index in [0.717, 1.165) is 17.7 Å². The van der Waals surface area contributed by atoms with Crippen LogP contribution in [0.15, 0.2) is 41.2 Å². The maximum Gasteiger partial charge on any atom is 0.416 e. The Hall–Kier alpha value is -1.66. The van der Waals surface area contributed by atoms with Crippen LogP contribution in [0.5, 0.6) is 5.75 Å². The summed E-state index contributed by atoms with van der Waals surface area (Å²) in [5.41, 5.74) is -0.785. The fourth-order valence-electron chi connectivity index (χ4n) is 2.18. The van der Waals surface area contributed by atoms with E-state index in [1.165, 1.54) is 18.6 Å². The molecule has 1 aliphatic rings. The Morgan fingerprint density at radius 1 is 1.24 bits per heavy atom. The summed E-state index contributed by atoms with van der Waals surface area (Å²) in [7, 11) is 0. The highest BCUT2D eigenvalue weighted by atomic mass is 35.5. The van der Waals surface area contributed by atoms with Crippen LogP contribution in [0.3, 0.4) is 0 Å². The van der Waals surface area contributed by atoms with Crippen LogP contribution in [-0.4, -0.2) is 13.1 Å². The normalized spacial score (nSPS) is 17.3. The maximum atomic E-state index is 12.8. The number of nitrogens with one attached hydrogen (secondary N) is 1. The third-order valence-electron chi connectivity index (χ3n) is 3.43. The van der Waals surface area contributed by atoms with E-state index in [9.17, 15) is 13.2 Å². The molecule has 0 unspecified atom stereocenters. The molecule has 1 fully saturated rings. The predicted molar refractivity (Wildman–Crippen MR) is 70.3 cm³/mol. The SMILES string of the molecule is FC(F)(F)c1ccc(Cl)c(OC2(c3ccoc3)CNC2)c1. The molecular weight excluding hydrogens is 307 g/mol. The molecule has 1 saturated heterocycles. The molecule has 0 spiro atoms. The van der Waals surface area contributed by atoms with Crippen molar-refractivity contribution in [1.29, 1.82) is 0 Å². The molecule has 7 heteroatoms. The topological polar surface area (TPSA) is 34.4 Å². The van der Waals surface area contributed by atoms with Gasteiger partial charge in [-0.1, -0.05) is 11.6 Å². The number of ether oxygens (including phenoxy) is 1. The van der Waals surface area contributed by atoms with Gasteiger partial charge < -0.3 is 14.5 Å². The van der Waals surface area contributed by atoms with Crippen molar-refractivity contribution in [3.05, 3.63) is 52.9 Å². The Balaban J connectivity index is 1.94. The second-order valence-electron chi connectivity index (χ2n) is 4.85. The molecule has 0 aliphatic carbocycles. The second-order valence-corrected chi connectivity index (χ2v) is 5.26. The van der Waals surface area contributed by atoms with Gasteiger partial charge in [0.1, 0.15) is 5.75 Å². The third kappa shape index (κ3) is 2.61. The Morgan fingerprint density at radius 2 is 2.00 bits per heavy atom. The van der Waals surface area contributed by atoms with Crippen molar-refractivity contribution >= 4 is 11.6 Å². The average Bonchev–Trinajstić information content (AvgIpc) is 2.88. The van der Waals surface area contributed by atoms with Crippen LogP contribution >= 0.6 is 11.6 Å². The molecule has 0 saturated carbocycles. The van der Waals surface area contributed by atoms with Crippen molar-refractivity contribution in [3.8, 4) is 5.75 Å². The summed E-state index contributed by atoms with van der Waals surface area (Å²) in [5.74, 6) is 0.00851. The lowest BCUT2D eigenvalue weighted by atomic mass is 9.90. The number of halogens is 4. The average molecular weight is 318 g/mol. The molecule has 0 atom stereocenters. The smallest absolute Gasteiger partial charge is 0.416 e. The van der Waals surface area contributed by atoms with Crippen molar-refractivity contribution in [2.45, 2.75) is 11.8 Å². The van der Waals surface area contributed by atoms with Crippen LogP contribution < -0.4 is 10.1 Å². The molecule has 1 aliphatic heterocycles. The predicted octanol–water partition coefficient (Wildman–Crippen LogP) is 3.83. The van der Waals surface area contributed by atoms with E-state index < -0.39 is 17.3 Å². The molecule has 1 aromatic carbocycles. The van der Waals surface area contributed by atoms with Gasteiger partial charge in [0.05, 0.1) is 23.1 Å². The van der Waals surface area contributed by atoms with Crippen molar-refractivity contribution in [3.63, 3.8) is 0 Å². The van der Waals surface area contributed by atoms with Crippen molar-refractivity contribution in [2.75, 3.05) is 13.1 Å². The summed E-state index contributed by atoms with van der Waals surface area (Å²) in [6, 6.07) is 4.76. The summed E-state index contributed by atoms with van der Waals surface area (Å²) in [5, 5.41) is 3.18. The number of alkyl halides is 3. The highest BCUT2D eigenvalue weighted by Crippen LogP contribution is 2.39. The monoisotopic (exact) mass is 317 g/mol. The summed E-state index contributed by atoms with van der Waals surface area (Å²) >= 11 is 5.96. The number of hydrogen-bond donors (Lipinski definition) is 1. The van der Waals surface area contributed by atoms with Gasteiger partial charge in [-0.2, -0.15) is 13.2 Å². The van der Waals surface area contributed by atoms with Crippen LogP contribution in [0.1, 0.15) is 11.1 Å². The van der Waals surface area contributed by atoms with Crippen LogP contribution in [0.2, 0.25) is 5.02 Å². The lowest BCUT2D eigenvalue weighted by Gasteiger charge is -2.42. The molecule has 2 heterocycles. The van der Waals surface area contributed by atoms with Gasteiger partial charge in [0.2, 0.25) is 0 Å². The van der Waals surface area contributed by atoms with Crippen molar-refractivity contribution in [1.82, 2.24) is 5.32 Å². The zero-order chi connectivity index (χ0) is 15.1. The Kier molecular flexibility index (Phi) is 3.37. The summed E-state index contributed by atoms with van der Waals surface area (Å²) < 4.78 is 49.1. The number of benzene rings is 1. The fraction of sp³-hybridized carbons (Fsp3) is 0.286. The summed E-state index contributed by atoms with van der Waals surface area (Å²) in [4.78, 5) is 0. The van der Waals surface area contributed by atoms with Crippen LogP contribution in [0, 0.1) is 0 Å². The molecule has 0 radical (unpaired) electrons. The first-order valence-electron chi connectivity index (χ1n) is 6.20. The summed E-state index contributed by atoms with van der Waals surface area (Å²) in [6.45, 7) is 0.943. The molecule has 2 aromatic rings. The quantitative estimate of drug-likeness (QED) is 0.934. The van der Waals surface area contributed by atoms with Crippen LogP contribution in [0.4, 0.5) is 13.2 Å². The largest absolute Gasteiger partial charge is 0.478 e. The molecular formula is C14H11ClF3NO2. The number of rotatable bonds is 3. The maximum absolute atomic E-state index is 12.8. The fourth-order valence-corrected chi connectivity index (χ4v) is 2.34. The highest BCUT2D eigenvalue weighted by Gasteiger charge is 2.43. The van der Waals surface area contributed by atoms with E-state index >= 15 is 0 Å². The number of hydrogen-bond acceptors (Lipinski definition) is 3. The Morgan fingerprint density at radius 3 is 2.52 bits per heavy atom. The highest BCUT2D eigenvalue weighted by molar-refractivity contribution is 6.32. The van der Waals surface area contributed by atoms with Crippen LogP contribution in [0.25, 0.3) is 0 Å². The standard InChI is InChI=1S/C14H11ClF3NO2/c15-11-2-1-9(14(16,17)18)5-12(11)21-13(7-19-8-13)10-3-4-20-6-10/h1-6,19H,7-8H2. The molecule has 112 valence electrons. The lowest BCUT2D eigenvalue weighted by molar-refractivity contribution is -0.137. The zero-order valence-electron chi connectivity index (χ0n) is 10.7. The first kappa shape index (κ1) is 14.3. The molecule has 0 amide bonds. The van der Waals surface area contributed by atoms with Gasteiger partial charge in [0.15, 0.2) is 5.60 Å². The van der Waals surface area contributed by atoms with E-state index in [1.807, 2.05) is 0 Å². The Labute approximate surface area is 123 Å². The van der Waals surface area contributed by atoms with E-state index in [4.69, 9.17) is 20.8 Å². The van der Waals surface area contributed by atoms with Gasteiger partial charge in [0, 0.05) is 18.7 Å². The molecule has 3 nitrogen and oxygen atoms in total. The van der Waals surface area contributed by atoms with Gasteiger partial charge in [0.25, 0.3) is 0 Å². The van der Waals surface area contributed by atoms with E-state index in [1.54, 1.807) is 6.07 Å². The molecule has 1 aromatic heterocycles. The second kappa shape index (κ2) is 4.96. The molecule has 3 rings (SSSR count). The van der Waals surface area contributed by atoms with E-state index in [-0.39, 0.29) is 10.8 Å². The van der Waals surface area contributed by atoms with Crippen LogP contribution in [-0.2, 0) is 11.8 Å². The first-order chi connectivity index (χ1) is 9.91. The van der Waals surface area contributed by atoms with Gasteiger partial charge in [-0.3, -0.25) is 0 Å².